The molecule has 1 aromatic carbocycles. The van der Waals surface area contributed by atoms with Crippen molar-refractivity contribution in [3.63, 3.8) is 0 Å². The van der Waals surface area contributed by atoms with Gasteiger partial charge in [0.1, 0.15) is 5.82 Å². The molecule has 13 heavy (non-hydrogen) atoms. The summed E-state index contributed by atoms with van der Waals surface area (Å²) in [6, 6.07) is 3.62. The lowest BCUT2D eigenvalue weighted by Gasteiger charge is -2.11. The van der Waals surface area contributed by atoms with E-state index >= 15 is 0 Å². The predicted octanol–water partition coefficient (Wildman–Crippen LogP) is 2.79. The molecule has 0 saturated carbocycles. The van der Waals surface area contributed by atoms with Gasteiger partial charge in [0, 0.05) is 10.5 Å². The topological polar surface area (TPSA) is 12.0 Å². The summed E-state index contributed by atoms with van der Waals surface area (Å²) in [5.74, 6) is -0.0732. The Labute approximate surface area is 85.5 Å². The van der Waals surface area contributed by atoms with Gasteiger partial charge >= 0.3 is 0 Å². The molecule has 0 amide bonds. The summed E-state index contributed by atoms with van der Waals surface area (Å²) in [7, 11) is 1.91. The molecule has 0 saturated heterocycles. The summed E-state index contributed by atoms with van der Waals surface area (Å²) in [6.07, 6.45) is 1.83. The Morgan fingerprint density at radius 2 is 2.31 bits per heavy atom. The summed E-state index contributed by atoms with van der Waals surface area (Å²) >= 11 is 3.46. The van der Waals surface area contributed by atoms with Gasteiger partial charge in [-0.15, -0.1) is 0 Å². The van der Waals surface area contributed by atoms with Gasteiger partial charge in [-0.1, -0.05) is 15.9 Å². The van der Waals surface area contributed by atoms with Crippen molar-refractivity contribution in [1.29, 1.82) is 0 Å². The van der Waals surface area contributed by atoms with Crippen molar-refractivity contribution in [2.24, 2.45) is 0 Å². The predicted molar refractivity (Wildman–Crippen MR) is 54.2 cm³/mol. The van der Waals surface area contributed by atoms with E-state index in [1.165, 1.54) is 6.07 Å². The monoisotopic (exact) mass is 243 g/mol. The smallest absolute Gasteiger partial charge is 0.126 e. The molecule has 0 spiro atoms. The van der Waals surface area contributed by atoms with E-state index in [-0.39, 0.29) is 5.82 Å². The molecule has 0 aromatic heterocycles. The second kappa shape index (κ2) is 3.39. The van der Waals surface area contributed by atoms with Crippen LogP contribution < -0.4 is 5.32 Å². The van der Waals surface area contributed by atoms with Gasteiger partial charge < -0.3 is 5.32 Å². The molecule has 0 bridgehead atoms. The molecule has 0 fully saturated rings. The lowest BCUT2D eigenvalue weighted by Crippen LogP contribution is -2.13. The van der Waals surface area contributed by atoms with Crippen LogP contribution in [-0.2, 0) is 6.42 Å². The van der Waals surface area contributed by atoms with Crippen LogP contribution in [0.3, 0.4) is 0 Å². The zero-order valence-electron chi connectivity index (χ0n) is 7.40. The number of fused-ring (bicyclic) bond motifs is 1. The molecule has 0 heterocycles. The molecule has 2 rings (SSSR count). The maximum atomic E-state index is 13.3. The largest absolute Gasteiger partial charge is 0.313 e. The van der Waals surface area contributed by atoms with Crippen molar-refractivity contribution in [2.75, 3.05) is 7.05 Å². The van der Waals surface area contributed by atoms with Crippen molar-refractivity contribution < 1.29 is 4.39 Å². The quantitative estimate of drug-likeness (QED) is 0.800. The molecule has 0 aliphatic heterocycles. The van der Waals surface area contributed by atoms with Crippen LogP contribution in [-0.4, -0.2) is 7.05 Å². The maximum absolute atomic E-state index is 13.3. The molecule has 1 N–H and O–H groups in total. The molecule has 0 radical (unpaired) electrons. The standard InChI is InChI=1S/C10H11BrFN/c1-13-9-5-2-6-8(12)4-3-7(11)10(6)9/h3-4,9,13H,2,5H2,1H3. The Morgan fingerprint density at radius 3 is 3.00 bits per heavy atom. The third kappa shape index (κ3) is 1.40. The molecule has 1 unspecified atom stereocenters. The summed E-state index contributed by atoms with van der Waals surface area (Å²) in [5.41, 5.74) is 1.97. The second-order valence-corrected chi connectivity index (χ2v) is 4.16. The molecule has 1 aliphatic rings. The minimum atomic E-state index is -0.0732. The normalized spacial score (nSPS) is 20.4. The molecular formula is C10H11BrFN. The molecule has 70 valence electrons. The van der Waals surface area contributed by atoms with Gasteiger partial charge in [-0.25, -0.2) is 4.39 Å². The number of rotatable bonds is 1. The van der Waals surface area contributed by atoms with Crippen molar-refractivity contribution >= 4 is 15.9 Å². The zero-order chi connectivity index (χ0) is 9.42. The molecule has 1 nitrogen and oxygen atoms in total. The summed E-state index contributed by atoms with van der Waals surface area (Å²) in [4.78, 5) is 0. The Hall–Kier alpha value is -0.410. The van der Waals surface area contributed by atoms with Gasteiger partial charge in [0.25, 0.3) is 0 Å². The number of hydrogen-bond donors (Lipinski definition) is 1. The molecule has 3 heteroatoms. The molecule has 1 aromatic rings. The van der Waals surface area contributed by atoms with E-state index < -0.39 is 0 Å². The van der Waals surface area contributed by atoms with Crippen molar-refractivity contribution in [1.82, 2.24) is 5.32 Å². The number of hydrogen-bond acceptors (Lipinski definition) is 1. The average Bonchev–Trinajstić information content (AvgIpc) is 2.56. The van der Waals surface area contributed by atoms with E-state index in [0.29, 0.717) is 6.04 Å². The number of halogens is 2. The van der Waals surface area contributed by atoms with E-state index in [1.54, 1.807) is 6.07 Å². The second-order valence-electron chi connectivity index (χ2n) is 3.30. The highest BCUT2D eigenvalue weighted by Crippen LogP contribution is 2.37. The van der Waals surface area contributed by atoms with Gasteiger partial charge in [-0.05, 0) is 43.1 Å². The van der Waals surface area contributed by atoms with Crippen LogP contribution in [0.15, 0.2) is 16.6 Å². The fraction of sp³-hybridized carbons (Fsp3) is 0.400. The third-order valence-corrected chi connectivity index (χ3v) is 3.32. The SMILES string of the molecule is CNC1CCc2c(F)ccc(Br)c21. The van der Waals surface area contributed by atoms with Gasteiger partial charge in [0.05, 0.1) is 0 Å². The van der Waals surface area contributed by atoms with Crippen LogP contribution in [0.5, 0.6) is 0 Å². The Balaban J connectivity index is 2.55. The van der Waals surface area contributed by atoms with Crippen LogP contribution >= 0.6 is 15.9 Å². The van der Waals surface area contributed by atoms with Crippen LogP contribution in [0.25, 0.3) is 0 Å². The van der Waals surface area contributed by atoms with E-state index in [9.17, 15) is 4.39 Å². The van der Waals surface area contributed by atoms with Crippen LogP contribution in [0.2, 0.25) is 0 Å². The fourth-order valence-corrected chi connectivity index (χ4v) is 2.61. The van der Waals surface area contributed by atoms with Gasteiger partial charge in [-0.3, -0.25) is 0 Å². The first kappa shape index (κ1) is 9.16. The third-order valence-electron chi connectivity index (χ3n) is 2.63. The first-order valence-electron chi connectivity index (χ1n) is 4.38. The van der Waals surface area contributed by atoms with Crippen molar-refractivity contribution in [3.8, 4) is 0 Å². The maximum Gasteiger partial charge on any atom is 0.126 e. The number of benzene rings is 1. The average molecular weight is 244 g/mol. The van der Waals surface area contributed by atoms with Crippen molar-refractivity contribution in [2.45, 2.75) is 18.9 Å². The van der Waals surface area contributed by atoms with Crippen LogP contribution in [0, 0.1) is 5.82 Å². The Kier molecular flexibility index (Phi) is 2.39. The molecular weight excluding hydrogens is 233 g/mol. The highest BCUT2D eigenvalue weighted by molar-refractivity contribution is 9.10. The summed E-state index contributed by atoms with van der Waals surface area (Å²) in [6.45, 7) is 0. The van der Waals surface area contributed by atoms with E-state index in [4.69, 9.17) is 0 Å². The lowest BCUT2D eigenvalue weighted by molar-refractivity contribution is 0.588. The minimum Gasteiger partial charge on any atom is -0.313 e. The summed E-state index contributed by atoms with van der Waals surface area (Å²) in [5, 5.41) is 3.19. The van der Waals surface area contributed by atoms with Crippen LogP contribution in [0.4, 0.5) is 4.39 Å². The molecule has 1 aliphatic carbocycles. The minimum absolute atomic E-state index is 0.0732. The number of nitrogens with one attached hydrogen (secondary N) is 1. The fourth-order valence-electron chi connectivity index (χ4n) is 1.96. The van der Waals surface area contributed by atoms with Crippen LogP contribution in [0.1, 0.15) is 23.6 Å². The first-order valence-corrected chi connectivity index (χ1v) is 5.17. The van der Waals surface area contributed by atoms with E-state index in [0.717, 1.165) is 28.4 Å². The van der Waals surface area contributed by atoms with Crippen molar-refractivity contribution in [3.05, 3.63) is 33.5 Å². The highest BCUT2D eigenvalue weighted by Gasteiger charge is 2.25. The van der Waals surface area contributed by atoms with Gasteiger partial charge in [-0.2, -0.15) is 0 Å². The first-order chi connectivity index (χ1) is 6.24. The summed E-state index contributed by atoms with van der Waals surface area (Å²) < 4.78 is 14.3. The van der Waals surface area contributed by atoms with Gasteiger partial charge in [0.2, 0.25) is 0 Å². The Bertz CT molecular complexity index is 338. The lowest BCUT2D eigenvalue weighted by atomic mass is 10.1. The zero-order valence-corrected chi connectivity index (χ0v) is 8.99. The Morgan fingerprint density at radius 1 is 1.54 bits per heavy atom. The van der Waals surface area contributed by atoms with E-state index in [2.05, 4.69) is 21.2 Å². The van der Waals surface area contributed by atoms with E-state index in [1.807, 2.05) is 7.05 Å². The van der Waals surface area contributed by atoms with Gasteiger partial charge in [0.15, 0.2) is 0 Å². The molecule has 1 atom stereocenters. The highest BCUT2D eigenvalue weighted by atomic mass is 79.9.